The third-order valence-electron chi connectivity index (χ3n) is 2.77. The van der Waals surface area contributed by atoms with Gasteiger partial charge < -0.3 is 10.7 Å². The Morgan fingerprint density at radius 3 is 2.50 bits per heavy atom. The molecule has 0 unspecified atom stereocenters. The van der Waals surface area contributed by atoms with Crippen LogP contribution in [0.1, 0.15) is 5.56 Å². The lowest BCUT2D eigenvalue weighted by molar-refractivity contribution is -0.383. The molecular weight excluding hydrogens is 324 g/mol. The predicted molar refractivity (Wildman–Crippen MR) is 83.1 cm³/mol. The summed E-state index contributed by atoms with van der Waals surface area (Å²) in [5.41, 5.74) is 4.70. The molecule has 0 saturated heterocycles. The number of nitro groups is 1. The minimum atomic E-state index is -0.473. The Kier molecular flexibility index (Phi) is 4.21. The molecule has 0 saturated carbocycles. The lowest BCUT2D eigenvalue weighted by Crippen LogP contribution is -2.10. The second-order valence-corrected chi connectivity index (χ2v) is 5.07. The number of para-hydroxylation sites is 1. The Balaban J connectivity index is 2.45. The fraction of sp³-hybridized carbons (Fsp3) is 0.0769. The molecule has 0 bridgehead atoms. The van der Waals surface area contributed by atoms with Gasteiger partial charge in [0.15, 0.2) is 0 Å². The number of hydrogen-bond donors (Lipinski definition) is 3. The van der Waals surface area contributed by atoms with Gasteiger partial charge >= 0.3 is 5.69 Å². The van der Waals surface area contributed by atoms with Crippen LogP contribution >= 0.6 is 15.9 Å². The van der Waals surface area contributed by atoms with Crippen molar-refractivity contribution in [1.29, 1.82) is 0 Å². The van der Waals surface area contributed by atoms with Crippen LogP contribution in [-0.4, -0.2) is 4.92 Å². The van der Waals surface area contributed by atoms with Gasteiger partial charge in [0, 0.05) is 4.47 Å². The van der Waals surface area contributed by atoms with E-state index in [-0.39, 0.29) is 11.4 Å². The van der Waals surface area contributed by atoms with Crippen molar-refractivity contribution in [2.75, 3.05) is 10.7 Å². The number of nitrogens with zero attached hydrogens (tertiary/aromatic N) is 1. The zero-order chi connectivity index (χ0) is 14.7. The third kappa shape index (κ3) is 2.89. The topological polar surface area (TPSA) is 93.2 Å². The molecule has 2 aromatic rings. The number of nitrogen functional groups attached to an aromatic ring is 1. The second-order valence-electron chi connectivity index (χ2n) is 4.21. The van der Waals surface area contributed by atoms with E-state index in [1.165, 1.54) is 0 Å². The number of benzene rings is 2. The number of hydrazine groups is 1. The number of nitrogens with two attached hydrogens (primary N) is 1. The van der Waals surface area contributed by atoms with E-state index in [9.17, 15) is 10.1 Å². The van der Waals surface area contributed by atoms with Crippen molar-refractivity contribution >= 4 is 38.7 Å². The number of nitrogens with one attached hydrogen (secondary N) is 2. The average Bonchev–Trinajstić information content (AvgIpc) is 2.41. The Hall–Kier alpha value is -2.12. The minimum Gasteiger partial charge on any atom is -0.349 e. The SMILES string of the molecule is Cc1ccc(Nc2cccc(NN)c2[N+](=O)[O-])c(Br)c1. The van der Waals surface area contributed by atoms with Crippen LogP contribution < -0.4 is 16.6 Å². The number of aryl methyl sites for hydroxylation is 1. The maximum Gasteiger partial charge on any atom is 0.316 e. The maximum absolute atomic E-state index is 11.2. The largest absolute Gasteiger partial charge is 0.349 e. The van der Waals surface area contributed by atoms with Crippen LogP contribution in [0, 0.1) is 17.0 Å². The van der Waals surface area contributed by atoms with Crippen molar-refractivity contribution in [3.05, 3.63) is 56.5 Å². The van der Waals surface area contributed by atoms with Crippen LogP contribution in [0.2, 0.25) is 0 Å². The quantitative estimate of drug-likeness (QED) is 0.449. The molecule has 4 N–H and O–H groups in total. The first-order valence-electron chi connectivity index (χ1n) is 5.80. The van der Waals surface area contributed by atoms with Crippen LogP contribution in [0.15, 0.2) is 40.9 Å². The van der Waals surface area contributed by atoms with Gasteiger partial charge in [0.2, 0.25) is 0 Å². The monoisotopic (exact) mass is 336 g/mol. The highest BCUT2D eigenvalue weighted by Crippen LogP contribution is 2.36. The average molecular weight is 337 g/mol. The Labute approximate surface area is 124 Å². The Morgan fingerprint density at radius 1 is 1.20 bits per heavy atom. The summed E-state index contributed by atoms with van der Waals surface area (Å²) in [6, 6.07) is 10.6. The molecule has 20 heavy (non-hydrogen) atoms. The molecule has 0 amide bonds. The number of halogens is 1. The summed E-state index contributed by atoms with van der Waals surface area (Å²) in [5.74, 6) is 5.31. The first kappa shape index (κ1) is 14.3. The van der Waals surface area contributed by atoms with Crippen LogP contribution in [0.4, 0.5) is 22.7 Å². The molecule has 0 aromatic heterocycles. The molecule has 0 radical (unpaired) electrons. The number of rotatable bonds is 4. The van der Waals surface area contributed by atoms with Crippen LogP contribution in [0.25, 0.3) is 0 Å². The van der Waals surface area contributed by atoms with Crippen LogP contribution in [0.5, 0.6) is 0 Å². The summed E-state index contributed by atoms with van der Waals surface area (Å²) in [5, 5.41) is 14.2. The molecule has 7 heteroatoms. The van der Waals surface area contributed by atoms with Gasteiger partial charge in [-0.3, -0.25) is 16.0 Å². The van der Waals surface area contributed by atoms with Crippen LogP contribution in [0.3, 0.4) is 0 Å². The first-order valence-corrected chi connectivity index (χ1v) is 6.59. The second kappa shape index (κ2) is 5.89. The number of nitro benzene ring substituents is 1. The number of hydrogen-bond acceptors (Lipinski definition) is 5. The van der Waals surface area contributed by atoms with Gasteiger partial charge in [-0.15, -0.1) is 0 Å². The molecule has 0 heterocycles. The zero-order valence-electron chi connectivity index (χ0n) is 10.7. The lowest BCUT2D eigenvalue weighted by atomic mass is 10.2. The van der Waals surface area contributed by atoms with E-state index in [4.69, 9.17) is 5.84 Å². The van der Waals surface area contributed by atoms with Gasteiger partial charge in [-0.1, -0.05) is 12.1 Å². The minimum absolute atomic E-state index is 0.0949. The highest BCUT2D eigenvalue weighted by atomic mass is 79.9. The molecule has 2 rings (SSSR count). The van der Waals surface area contributed by atoms with E-state index in [2.05, 4.69) is 26.7 Å². The summed E-state index contributed by atoms with van der Waals surface area (Å²) in [6.45, 7) is 1.97. The zero-order valence-corrected chi connectivity index (χ0v) is 12.3. The Morgan fingerprint density at radius 2 is 1.90 bits per heavy atom. The highest BCUT2D eigenvalue weighted by molar-refractivity contribution is 9.10. The van der Waals surface area contributed by atoms with Gasteiger partial charge in [0.1, 0.15) is 11.4 Å². The van der Waals surface area contributed by atoms with Gasteiger partial charge in [0.25, 0.3) is 0 Å². The van der Waals surface area contributed by atoms with E-state index in [1.807, 2.05) is 25.1 Å². The molecule has 0 aliphatic heterocycles. The van der Waals surface area contributed by atoms with E-state index in [0.717, 1.165) is 15.7 Å². The summed E-state index contributed by atoms with van der Waals surface area (Å²) in [6.07, 6.45) is 0. The Bertz CT molecular complexity index is 661. The third-order valence-corrected chi connectivity index (χ3v) is 3.42. The van der Waals surface area contributed by atoms with Crippen molar-refractivity contribution in [1.82, 2.24) is 0 Å². The van der Waals surface area contributed by atoms with Crippen molar-refractivity contribution in [3.63, 3.8) is 0 Å². The highest BCUT2D eigenvalue weighted by Gasteiger charge is 2.19. The van der Waals surface area contributed by atoms with Gasteiger partial charge in [0.05, 0.1) is 10.6 Å². The lowest BCUT2D eigenvalue weighted by Gasteiger charge is -2.11. The molecular formula is C13H13BrN4O2. The van der Waals surface area contributed by atoms with E-state index in [1.54, 1.807) is 18.2 Å². The molecule has 2 aromatic carbocycles. The van der Waals surface area contributed by atoms with Crippen molar-refractivity contribution in [2.24, 2.45) is 5.84 Å². The fourth-order valence-electron chi connectivity index (χ4n) is 1.82. The predicted octanol–water partition coefficient (Wildman–Crippen LogP) is 3.69. The van der Waals surface area contributed by atoms with Crippen molar-refractivity contribution in [3.8, 4) is 0 Å². The maximum atomic E-state index is 11.2. The normalized spacial score (nSPS) is 10.2. The van der Waals surface area contributed by atoms with Crippen molar-refractivity contribution < 1.29 is 4.92 Å². The van der Waals surface area contributed by atoms with Crippen LogP contribution in [-0.2, 0) is 0 Å². The summed E-state index contributed by atoms with van der Waals surface area (Å²) < 4.78 is 0.831. The van der Waals surface area contributed by atoms with E-state index >= 15 is 0 Å². The smallest absolute Gasteiger partial charge is 0.316 e. The number of anilines is 3. The van der Waals surface area contributed by atoms with Gasteiger partial charge in [-0.25, -0.2) is 0 Å². The first-order chi connectivity index (χ1) is 9.52. The summed E-state index contributed by atoms with van der Waals surface area (Å²) in [7, 11) is 0. The fourth-order valence-corrected chi connectivity index (χ4v) is 2.42. The molecule has 0 fully saturated rings. The van der Waals surface area contributed by atoms with Gasteiger partial charge in [-0.05, 0) is 52.7 Å². The standard InChI is InChI=1S/C13H13BrN4O2/c1-8-5-6-10(9(14)7-8)16-11-3-2-4-12(17-15)13(11)18(19)20/h2-7,16-17H,15H2,1H3. The molecule has 0 spiro atoms. The van der Waals surface area contributed by atoms with Crippen molar-refractivity contribution in [2.45, 2.75) is 6.92 Å². The molecule has 0 aliphatic rings. The van der Waals surface area contributed by atoms with Gasteiger partial charge in [-0.2, -0.15) is 0 Å². The summed E-state index contributed by atoms with van der Waals surface area (Å²) in [4.78, 5) is 10.7. The summed E-state index contributed by atoms with van der Waals surface area (Å²) >= 11 is 3.43. The molecule has 6 nitrogen and oxygen atoms in total. The molecule has 0 aliphatic carbocycles. The van der Waals surface area contributed by atoms with E-state index < -0.39 is 4.92 Å². The molecule has 0 atom stereocenters. The van der Waals surface area contributed by atoms with E-state index in [0.29, 0.717) is 5.69 Å². The molecule has 104 valence electrons.